The SMILES string of the molecule is CSc1ccc(C(N)Cc2c(F)ccc(Br)c2F)cc1. The summed E-state index contributed by atoms with van der Waals surface area (Å²) in [7, 11) is 0. The number of hydrogen-bond donors (Lipinski definition) is 1. The Hall–Kier alpha value is -0.910. The molecule has 2 aromatic carbocycles. The average Bonchev–Trinajstić information content (AvgIpc) is 2.47. The minimum Gasteiger partial charge on any atom is -0.324 e. The van der Waals surface area contributed by atoms with E-state index in [9.17, 15) is 8.78 Å². The highest BCUT2D eigenvalue weighted by molar-refractivity contribution is 9.10. The van der Waals surface area contributed by atoms with Gasteiger partial charge in [-0.3, -0.25) is 0 Å². The van der Waals surface area contributed by atoms with Gasteiger partial charge in [0.05, 0.1) is 4.47 Å². The van der Waals surface area contributed by atoms with Crippen LogP contribution in [0.3, 0.4) is 0 Å². The van der Waals surface area contributed by atoms with Crippen molar-refractivity contribution in [2.24, 2.45) is 5.73 Å². The van der Waals surface area contributed by atoms with Crippen LogP contribution in [0, 0.1) is 11.6 Å². The summed E-state index contributed by atoms with van der Waals surface area (Å²) in [5.74, 6) is -1.15. The molecule has 0 saturated heterocycles. The van der Waals surface area contributed by atoms with Crippen LogP contribution in [-0.4, -0.2) is 6.26 Å². The summed E-state index contributed by atoms with van der Waals surface area (Å²) >= 11 is 4.69. The highest BCUT2D eigenvalue weighted by Crippen LogP contribution is 2.26. The van der Waals surface area contributed by atoms with Crippen molar-refractivity contribution in [2.45, 2.75) is 17.4 Å². The maximum atomic E-state index is 13.9. The molecule has 2 rings (SSSR count). The second-order valence-corrected chi connectivity index (χ2v) is 6.14. The Morgan fingerprint density at radius 2 is 1.80 bits per heavy atom. The van der Waals surface area contributed by atoms with Gasteiger partial charge in [-0.05, 0) is 58.4 Å². The number of nitrogens with two attached hydrogens (primary N) is 1. The van der Waals surface area contributed by atoms with Crippen LogP contribution in [0.25, 0.3) is 0 Å². The van der Waals surface area contributed by atoms with Crippen LogP contribution in [0.15, 0.2) is 45.8 Å². The maximum Gasteiger partial charge on any atom is 0.143 e. The first-order chi connectivity index (χ1) is 9.52. The number of halogens is 3. The molecule has 0 saturated carbocycles. The molecule has 1 nitrogen and oxygen atoms in total. The fraction of sp³-hybridized carbons (Fsp3) is 0.200. The lowest BCUT2D eigenvalue weighted by Crippen LogP contribution is -2.15. The van der Waals surface area contributed by atoms with Gasteiger partial charge < -0.3 is 5.73 Å². The van der Waals surface area contributed by atoms with Gasteiger partial charge >= 0.3 is 0 Å². The summed E-state index contributed by atoms with van der Waals surface area (Å²) < 4.78 is 27.9. The topological polar surface area (TPSA) is 26.0 Å². The van der Waals surface area contributed by atoms with Crippen molar-refractivity contribution in [1.82, 2.24) is 0 Å². The Morgan fingerprint density at radius 1 is 1.15 bits per heavy atom. The summed E-state index contributed by atoms with van der Waals surface area (Å²) in [6.45, 7) is 0. The predicted octanol–water partition coefficient (Wildman–Crippen LogP) is 4.69. The van der Waals surface area contributed by atoms with Crippen molar-refractivity contribution in [1.29, 1.82) is 0 Å². The fourth-order valence-corrected chi connectivity index (χ4v) is 2.72. The van der Waals surface area contributed by atoms with Gasteiger partial charge in [0.15, 0.2) is 0 Å². The van der Waals surface area contributed by atoms with E-state index in [2.05, 4.69) is 15.9 Å². The Balaban J connectivity index is 2.23. The van der Waals surface area contributed by atoms with Crippen molar-refractivity contribution < 1.29 is 8.78 Å². The van der Waals surface area contributed by atoms with E-state index in [0.717, 1.165) is 10.5 Å². The normalized spacial score (nSPS) is 12.4. The lowest BCUT2D eigenvalue weighted by molar-refractivity contribution is 0.536. The molecule has 5 heteroatoms. The molecule has 0 amide bonds. The van der Waals surface area contributed by atoms with Gasteiger partial charge in [0.2, 0.25) is 0 Å². The molecule has 2 N–H and O–H groups in total. The number of rotatable bonds is 4. The van der Waals surface area contributed by atoms with E-state index >= 15 is 0 Å². The molecule has 1 atom stereocenters. The van der Waals surface area contributed by atoms with Crippen LogP contribution < -0.4 is 5.73 Å². The third-order valence-corrected chi connectivity index (χ3v) is 4.46. The van der Waals surface area contributed by atoms with Gasteiger partial charge in [-0.25, -0.2) is 8.78 Å². The van der Waals surface area contributed by atoms with Gasteiger partial charge in [0.25, 0.3) is 0 Å². The number of thioether (sulfide) groups is 1. The van der Waals surface area contributed by atoms with Gasteiger partial charge in [0.1, 0.15) is 11.6 Å². The third-order valence-electron chi connectivity index (χ3n) is 3.11. The van der Waals surface area contributed by atoms with Crippen LogP contribution >= 0.6 is 27.7 Å². The van der Waals surface area contributed by atoms with Crippen LogP contribution in [-0.2, 0) is 6.42 Å². The second kappa shape index (κ2) is 6.70. The zero-order valence-corrected chi connectivity index (χ0v) is 13.3. The average molecular weight is 358 g/mol. The van der Waals surface area contributed by atoms with Gasteiger partial charge in [-0.1, -0.05) is 12.1 Å². The van der Waals surface area contributed by atoms with E-state index in [-0.39, 0.29) is 16.5 Å². The summed E-state index contributed by atoms with van der Waals surface area (Å²) in [4.78, 5) is 1.13. The summed E-state index contributed by atoms with van der Waals surface area (Å²) in [5, 5.41) is 0. The molecule has 2 aromatic rings. The van der Waals surface area contributed by atoms with Crippen molar-refractivity contribution in [3.63, 3.8) is 0 Å². The number of benzene rings is 2. The quantitative estimate of drug-likeness (QED) is 0.634. The van der Waals surface area contributed by atoms with E-state index < -0.39 is 17.7 Å². The molecule has 106 valence electrons. The molecule has 0 fully saturated rings. The first-order valence-electron chi connectivity index (χ1n) is 6.05. The Bertz CT molecular complexity index is 602. The Morgan fingerprint density at radius 3 is 2.40 bits per heavy atom. The lowest BCUT2D eigenvalue weighted by Gasteiger charge is -2.14. The first kappa shape index (κ1) is 15.5. The summed E-state index contributed by atoms with van der Waals surface area (Å²) in [6, 6.07) is 9.85. The van der Waals surface area contributed by atoms with E-state index in [1.807, 2.05) is 30.5 Å². The van der Waals surface area contributed by atoms with Crippen LogP contribution in [0.5, 0.6) is 0 Å². The Kier molecular flexibility index (Phi) is 5.18. The standard InChI is InChI=1S/C15H14BrF2NS/c1-20-10-4-2-9(3-5-10)14(19)8-11-13(17)7-6-12(16)15(11)18/h2-7,14H,8,19H2,1H3. The maximum absolute atomic E-state index is 13.9. The first-order valence-corrected chi connectivity index (χ1v) is 8.06. The monoisotopic (exact) mass is 357 g/mol. The van der Waals surface area contributed by atoms with Crippen LogP contribution in [0.1, 0.15) is 17.2 Å². The zero-order valence-electron chi connectivity index (χ0n) is 10.9. The molecule has 0 spiro atoms. The second-order valence-electron chi connectivity index (χ2n) is 4.41. The van der Waals surface area contributed by atoms with E-state index in [1.165, 1.54) is 12.1 Å². The highest BCUT2D eigenvalue weighted by atomic mass is 79.9. The minimum absolute atomic E-state index is 0.0146. The van der Waals surface area contributed by atoms with Crippen molar-refractivity contribution in [3.8, 4) is 0 Å². The summed E-state index contributed by atoms with van der Waals surface area (Å²) in [6.07, 6.45) is 2.11. The van der Waals surface area contributed by atoms with Gasteiger partial charge in [-0.15, -0.1) is 11.8 Å². The zero-order chi connectivity index (χ0) is 14.7. The highest BCUT2D eigenvalue weighted by Gasteiger charge is 2.16. The molecule has 0 aromatic heterocycles. The van der Waals surface area contributed by atoms with Crippen molar-refractivity contribution in [3.05, 3.63) is 63.6 Å². The molecule has 0 radical (unpaired) electrons. The van der Waals surface area contributed by atoms with E-state index in [0.29, 0.717) is 0 Å². The third kappa shape index (κ3) is 3.40. The van der Waals surface area contributed by atoms with Crippen LogP contribution in [0.2, 0.25) is 0 Å². The molecule has 1 unspecified atom stereocenters. The molecular weight excluding hydrogens is 344 g/mol. The fourth-order valence-electron chi connectivity index (χ4n) is 1.95. The molecule has 0 heterocycles. The lowest BCUT2D eigenvalue weighted by atomic mass is 9.99. The largest absolute Gasteiger partial charge is 0.324 e. The predicted molar refractivity (Wildman–Crippen MR) is 82.9 cm³/mol. The molecule has 0 aliphatic carbocycles. The molecule has 0 aliphatic rings. The van der Waals surface area contributed by atoms with Crippen molar-refractivity contribution >= 4 is 27.7 Å². The Labute approximate surface area is 129 Å². The van der Waals surface area contributed by atoms with Crippen molar-refractivity contribution in [2.75, 3.05) is 6.26 Å². The molecule has 0 bridgehead atoms. The van der Waals surface area contributed by atoms with Crippen LogP contribution in [0.4, 0.5) is 8.78 Å². The molecule has 0 aliphatic heterocycles. The van der Waals surface area contributed by atoms with E-state index in [1.54, 1.807) is 11.8 Å². The number of hydrogen-bond acceptors (Lipinski definition) is 2. The molecule has 20 heavy (non-hydrogen) atoms. The van der Waals surface area contributed by atoms with Gasteiger partial charge in [-0.2, -0.15) is 0 Å². The molecular formula is C15H14BrF2NS. The van der Waals surface area contributed by atoms with E-state index in [4.69, 9.17) is 5.73 Å². The van der Waals surface area contributed by atoms with Gasteiger partial charge in [0, 0.05) is 16.5 Å². The smallest absolute Gasteiger partial charge is 0.143 e. The minimum atomic E-state index is -0.582. The summed E-state index contributed by atoms with van der Waals surface area (Å²) in [5.41, 5.74) is 6.93.